The van der Waals surface area contributed by atoms with Crippen LogP contribution in [0.4, 0.5) is 0 Å². The normalized spacial score (nSPS) is 10.0. The van der Waals surface area contributed by atoms with Crippen LogP contribution in [0.25, 0.3) is 0 Å². The number of aromatic nitrogens is 1. The second-order valence-corrected chi connectivity index (χ2v) is 5.23. The molecule has 106 valence electrons. The van der Waals surface area contributed by atoms with Crippen molar-refractivity contribution in [2.24, 2.45) is 0 Å². The predicted molar refractivity (Wildman–Crippen MR) is 81.2 cm³/mol. The van der Waals surface area contributed by atoms with Crippen molar-refractivity contribution in [1.82, 2.24) is 9.88 Å². The van der Waals surface area contributed by atoms with Gasteiger partial charge < -0.3 is 4.90 Å². The number of hydrogen-bond donors (Lipinski definition) is 0. The van der Waals surface area contributed by atoms with E-state index < -0.39 is 0 Å². The molecule has 0 saturated heterocycles. The highest BCUT2D eigenvalue weighted by molar-refractivity contribution is 6.41. The number of nitriles is 1. The van der Waals surface area contributed by atoms with Crippen molar-refractivity contribution in [3.05, 3.63) is 63.4 Å². The Labute approximate surface area is 132 Å². The highest BCUT2D eigenvalue weighted by Crippen LogP contribution is 2.20. The molecule has 0 aliphatic rings. The maximum Gasteiger partial charge on any atom is 0.255 e. The first-order valence-corrected chi connectivity index (χ1v) is 6.82. The fraction of sp³-hybridized carbons (Fsp3) is 0.133. The van der Waals surface area contributed by atoms with Gasteiger partial charge in [0.1, 0.15) is 5.15 Å². The third-order valence-corrected chi connectivity index (χ3v) is 3.58. The number of amides is 1. The van der Waals surface area contributed by atoms with Crippen LogP contribution in [-0.4, -0.2) is 22.8 Å². The van der Waals surface area contributed by atoms with Crippen LogP contribution < -0.4 is 0 Å². The lowest BCUT2D eigenvalue weighted by Gasteiger charge is -2.17. The lowest BCUT2D eigenvalue weighted by Crippen LogP contribution is -2.26. The van der Waals surface area contributed by atoms with Crippen molar-refractivity contribution in [1.29, 1.82) is 5.26 Å². The largest absolute Gasteiger partial charge is 0.337 e. The molecule has 0 atom stereocenters. The Bertz CT molecular complexity index is 708. The van der Waals surface area contributed by atoms with Crippen molar-refractivity contribution in [2.45, 2.75) is 6.54 Å². The van der Waals surface area contributed by atoms with Crippen LogP contribution in [-0.2, 0) is 6.54 Å². The molecule has 0 saturated carbocycles. The van der Waals surface area contributed by atoms with Gasteiger partial charge in [-0.15, -0.1) is 0 Å². The second kappa shape index (κ2) is 6.57. The first-order valence-electron chi connectivity index (χ1n) is 6.07. The summed E-state index contributed by atoms with van der Waals surface area (Å²) in [6.07, 6.45) is 1.39. The van der Waals surface area contributed by atoms with Crippen LogP contribution in [0, 0.1) is 11.3 Å². The molecule has 4 nitrogen and oxygen atoms in total. The maximum atomic E-state index is 12.3. The molecule has 0 bridgehead atoms. The monoisotopic (exact) mass is 319 g/mol. The fourth-order valence-electron chi connectivity index (χ4n) is 1.79. The molecule has 0 N–H and O–H groups in total. The van der Waals surface area contributed by atoms with Gasteiger partial charge in [0.15, 0.2) is 0 Å². The molecule has 0 aliphatic carbocycles. The number of nitrogens with zero attached hydrogens (tertiary/aromatic N) is 3. The quantitative estimate of drug-likeness (QED) is 0.813. The summed E-state index contributed by atoms with van der Waals surface area (Å²) in [6.45, 7) is 0.421. The van der Waals surface area contributed by atoms with Crippen LogP contribution in [0.1, 0.15) is 21.5 Å². The standard InChI is InChI=1S/C15H11Cl2N3O/c1-20(9-11-4-2-10(7-18)3-5-11)15(21)12-6-13(16)14(17)19-8-12/h2-6,8H,9H2,1H3. The van der Waals surface area contributed by atoms with Crippen LogP contribution in [0.5, 0.6) is 0 Å². The number of rotatable bonds is 3. The lowest BCUT2D eigenvalue weighted by molar-refractivity contribution is 0.0784. The summed E-state index contributed by atoms with van der Waals surface area (Å²) in [7, 11) is 1.68. The van der Waals surface area contributed by atoms with E-state index in [2.05, 4.69) is 11.1 Å². The van der Waals surface area contributed by atoms with E-state index in [4.69, 9.17) is 28.5 Å². The SMILES string of the molecule is CN(Cc1ccc(C#N)cc1)C(=O)c1cnc(Cl)c(Cl)c1. The van der Waals surface area contributed by atoms with Gasteiger partial charge in [0, 0.05) is 19.8 Å². The Morgan fingerprint density at radius 3 is 2.57 bits per heavy atom. The molecule has 0 radical (unpaired) electrons. The Hall–Kier alpha value is -2.09. The van der Waals surface area contributed by atoms with Crippen LogP contribution in [0.2, 0.25) is 10.2 Å². The van der Waals surface area contributed by atoms with Crippen molar-refractivity contribution < 1.29 is 4.79 Å². The van der Waals surface area contributed by atoms with Gasteiger partial charge in [-0.1, -0.05) is 35.3 Å². The summed E-state index contributed by atoms with van der Waals surface area (Å²) in [5, 5.41) is 9.17. The zero-order valence-corrected chi connectivity index (χ0v) is 12.7. The van der Waals surface area contributed by atoms with Gasteiger partial charge in [-0.2, -0.15) is 5.26 Å². The van der Waals surface area contributed by atoms with E-state index in [1.165, 1.54) is 12.3 Å². The maximum absolute atomic E-state index is 12.3. The Kier molecular flexibility index (Phi) is 4.79. The Morgan fingerprint density at radius 2 is 2.00 bits per heavy atom. The van der Waals surface area contributed by atoms with E-state index in [9.17, 15) is 4.79 Å². The number of carbonyl (C=O) groups is 1. The molecule has 1 aromatic carbocycles. The Morgan fingerprint density at radius 1 is 1.33 bits per heavy atom. The van der Waals surface area contributed by atoms with E-state index >= 15 is 0 Å². The number of pyridine rings is 1. The number of benzene rings is 1. The molecule has 0 fully saturated rings. The minimum atomic E-state index is -0.203. The number of carbonyl (C=O) groups excluding carboxylic acids is 1. The van der Waals surface area contributed by atoms with Gasteiger partial charge in [0.2, 0.25) is 0 Å². The average Bonchev–Trinajstić information content (AvgIpc) is 2.50. The van der Waals surface area contributed by atoms with Crippen LogP contribution in [0.15, 0.2) is 36.5 Å². The third kappa shape index (κ3) is 3.72. The van der Waals surface area contributed by atoms with Gasteiger partial charge in [-0.25, -0.2) is 4.98 Å². The first kappa shape index (κ1) is 15.3. The first-order chi connectivity index (χ1) is 10.0. The van der Waals surface area contributed by atoms with Crippen LogP contribution in [0.3, 0.4) is 0 Å². The molecule has 21 heavy (non-hydrogen) atoms. The third-order valence-electron chi connectivity index (χ3n) is 2.89. The molecular formula is C15H11Cl2N3O. The molecule has 0 unspecified atom stereocenters. The van der Waals surface area contributed by atoms with E-state index in [0.717, 1.165) is 5.56 Å². The highest BCUT2D eigenvalue weighted by Gasteiger charge is 2.14. The minimum Gasteiger partial charge on any atom is -0.337 e. The molecule has 0 spiro atoms. The van der Waals surface area contributed by atoms with Gasteiger partial charge in [-0.3, -0.25) is 4.79 Å². The molecule has 6 heteroatoms. The lowest BCUT2D eigenvalue weighted by atomic mass is 10.1. The fourth-order valence-corrected chi connectivity index (χ4v) is 2.06. The summed E-state index contributed by atoms with van der Waals surface area (Å²) in [5.41, 5.74) is 1.89. The summed E-state index contributed by atoms with van der Waals surface area (Å²) in [4.78, 5) is 17.7. The van der Waals surface area contributed by atoms with Gasteiger partial charge in [0.25, 0.3) is 5.91 Å². The molecule has 0 aliphatic heterocycles. The number of hydrogen-bond acceptors (Lipinski definition) is 3. The van der Waals surface area contributed by atoms with E-state index in [1.807, 2.05) is 12.1 Å². The van der Waals surface area contributed by atoms with Gasteiger partial charge >= 0.3 is 0 Å². The summed E-state index contributed by atoms with van der Waals surface area (Å²) in [5.74, 6) is -0.203. The van der Waals surface area contributed by atoms with E-state index in [-0.39, 0.29) is 16.1 Å². The van der Waals surface area contributed by atoms with Crippen molar-refractivity contribution >= 4 is 29.1 Å². The Balaban J connectivity index is 2.11. The summed E-state index contributed by atoms with van der Waals surface area (Å²) < 4.78 is 0. The van der Waals surface area contributed by atoms with Crippen molar-refractivity contribution in [3.8, 4) is 6.07 Å². The topological polar surface area (TPSA) is 57.0 Å². The molecule has 1 heterocycles. The number of halogens is 2. The van der Waals surface area contributed by atoms with Gasteiger partial charge in [0.05, 0.1) is 22.2 Å². The van der Waals surface area contributed by atoms with Gasteiger partial charge in [-0.05, 0) is 23.8 Å². The molecule has 1 aromatic heterocycles. The summed E-state index contributed by atoms with van der Waals surface area (Å²) in [6, 6.07) is 10.6. The van der Waals surface area contributed by atoms with E-state index in [1.54, 1.807) is 24.1 Å². The molecular weight excluding hydrogens is 309 g/mol. The van der Waals surface area contributed by atoms with Crippen molar-refractivity contribution in [3.63, 3.8) is 0 Å². The molecule has 1 amide bonds. The highest BCUT2D eigenvalue weighted by atomic mass is 35.5. The van der Waals surface area contributed by atoms with Crippen molar-refractivity contribution in [2.75, 3.05) is 7.05 Å². The molecule has 2 aromatic rings. The average molecular weight is 320 g/mol. The summed E-state index contributed by atoms with van der Waals surface area (Å²) >= 11 is 11.6. The molecule has 2 rings (SSSR count). The smallest absolute Gasteiger partial charge is 0.255 e. The zero-order chi connectivity index (χ0) is 15.4. The van der Waals surface area contributed by atoms with Crippen LogP contribution >= 0.6 is 23.2 Å². The second-order valence-electron chi connectivity index (χ2n) is 4.47. The predicted octanol–water partition coefficient (Wildman–Crippen LogP) is 3.53. The minimum absolute atomic E-state index is 0.169. The zero-order valence-electron chi connectivity index (χ0n) is 11.2. The van der Waals surface area contributed by atoms with E-state index in [0.29, 0.717) is 17.7 Å².